The first-order valence-corrected chi connectivity index (χ1v) is 6.22. The van der Waals surface area contributed by atoms with Crippen molar-refractivity contribution in [1.82, 2.24) is 4.98 Å². The van der Waals surface area contributed by atoms with Gasteiger partial charge in [0.05, 0.1) is 27.0 Å². The maximum absolute atomic E-state index is 5.28. The van der Waals surface area contributed by atoms with E-state index in [2.05, 4.69) is 10.3 Å². The molecule has 2 aromatic rings. The Hall–Kier alpha value is -2.43. The van der Waals surface area contributed by atoms with Gasteiger partial charge in [-0.25, -0.2) is 4.98 Å². The monoisotopic (exact) mass is 274 g/mol. The lowest BCUT2D eigenvalue weighted by molar-refractivity contribution is 0.354. The highest BCUT2D eigenvalue weighted by molar-refractivity contribution is 5.53. The molecular weight excluding hydrogens is 256 g/mol. The molecule has 0 aliphatic heterocycles. The van der Waals surface area contributed by atoms with Crippen molar-refractivity contribution < 1.29 is 14.2 Å². The highest BCUT2D eigenvalue weighted by Gasteiger charge is 2.06. The number of methoxy groups -OCH3 is 3. The molecule has 0 atom stereocenters. The summed E-state index contributed by atoms with van der Waals surface area (Å²) in [4.78, 5) is 4.14. The number of pyridine rings is 1. The highest BCUT2D eigenvalue weighted by Crippen LogP contribution is 2.28. The molecule has 0 aliphatic carbocycles. The van der Waals surface area contributed by atoms with Gasteiger partial charge in [0.15, 0.2) is 11.5 Å². The summed E-state index contributed by atoms with van der Waals surface area (Å²) in [6, 6.07) is 9.59. The van der Waals surface area contributed by atoms with Crippen LogP contribution in [0.5, 0.6) is 17.4 Å². The van der Waals surface area contributed by atoms with E-state index in [-0.39, 0.29) is 0 Å². The van der Waals surface area contributed by atoms with E-state index < -0.39 is 0 Å². The fourth-order valence-electron chi connectivity index (χ4n) is 1.88. The molecule has 1 aromatic heterocycles. The largest absolute Gasteiger partial charge is 0.493 e. The minimum absolute atomic E-state index is 0.577. The minimum atomic E-state index is 0.577. The van der Waals surface area contributed by atoms with Crippen LogP contribution >= 0.6 is 0 Å². The maximum Gasteiger partial charge on any atom is 0.237 e. The van der Waals surface area contributed by atoms with E-state index in [1.807, 2.05) is 30.3 Å². The number of nitrogens with one attached hydrogen (secondary N) is 1. The Morgan fingerprint density at radius 2 is 1.80 bits per heavy atom. The molecule has 1 aromatic carbocycles. The normalized spacial score (nSPS) is 9.95. The van der Waals surface area contributed by atoms with Gasteiger partial charge >= 0.3 is 0 Å². The van der Waals surface area contributed by atoms with Crippen LogP contribution < -0.4 is 19.5 Å². The summed E-state index contributed by atoms with van der Waals surface area (Å²) in [6.07, 6.45) is 1.69. The van der Waals surface area contributed by atoms with Gasteiger partial charge in [0.2, 0.25) is 5.88 Å². The maximum atomic E-state index is 5.28. The standard InChI is InChI=1S/C15H18N2O3/c1-18-13-7-6-11(9-14(13)19-2)10-17-12-5-4-8-16-15(12)20-3/h4-9,17H,10H2,1-3H3. The van der Waals surface area contributed by atoms with Gasteiger partial charge in [0, 0.05) is 12.7 Å². The second kappa shape index (κ2) is 6.65. The predicted octanol–water partition coefficient (Wildman–Crippen LogP) is 2.72. The van der Waals surface area contributed by atoms with E-state index in [1.165, 1.54) is 0 Å². The fraction of sp³-hybridized carbons (Fsp3) is 0.267. The first-order chi connectivity index (χ1) is 9.78. The Morgan fingerprint density at radius 3 is 2.50 bits per heavy atom. The molecule has 1 N–H and O–H groups in total. The molecule has 5 heteroatoms. The van der Waals surface area contributed by atoms with E-state index in [0.29, 0.717) is 18.2 Å². The summed E-state index contributed by atoms with van der Waals surface area (Å²) in [5, 5.41) is 3.29. The number of ether oxygens (including phenoxy) is 3. The summed E-state index contributed by atoms with van der Waals surface area (Å²) in [6.45, 7) is 0.641. The smallest absolute Gasteiger partial charge is 0.237 e. The van der Waals surface area contributed by atoms with Gasteiger partial charge in [-0.1, -0.05) is 6.07 Å². The molecule has 0 aliphatic rings. The Kier molecular flexibility index (Phi) is 4.65. The Bertz CT molecular complexity index is 573. The first kappa shape index (κ1) is 14.0. The molecular formula is C15H18N2O3. The molecule has 20 heavy (non-hydrogen) atoms. The highest BCUT2D eigenvalue weighted by atomic mass is 16.5. The third-order valence-corrected chi connectivity index (χ3v) is 2.90. The van der Waals surface area contributed by atoms with Crippen molar-refractivity contribution in [2.75, 3.05) is 26.6 Å². The summed E-state index contributed by atoms with van der Waals surface area (Å²) < 4.78 is 15.7. The Morgan fingerprint density at radius 1 is 1.00 bits per heavy atom. The van der Waals surface area contributed by atoms with E-state index in [1.54, 1.807) is 27.5 Å². The predicted molar refractivity (Wildman–Crippen MR) is 77.7 cm³/mol. The van der Waals surface area contributed by atoms with Crippen molar-refractivity contribution in [2.24, 2.45) is 0 Å². The second-order valence-corrected chi connectivity index (χ2v) is 4.10. The van der Waals surface area contributed by atoms with Crippen molar-refractivity contribution in [3.05, 3.63) is 42.1 Å². The summed E-state index contributed by atoms with van der Waals surface area (Å²) in [5.74, 6) is 2.01. The zero-order chi connectivity index (χ0) is 14.4. The summed E-state index contributed by atoms with van der Waals surface area (Å²) in [7, 11) is 4.85. The van der Waals surface area contributed by atoms with E-state index in [0.717, 1.165) is 17.0 Å². The molecule has 0 saturated heterocycles. The van der Waals surface area contributed by atoms with E-state index in [9.17, 15) is 0 Å². The van der Waals surface area contributed by atoms with Gasteiger partial charge < -0.3 is 19.5 Å². The number of hydrogen-bond donors (Lipinski definition) is 1. The minimum Gasteiger partial charge on any atom is -0.493 e. The SMILES string of the molecule is COc1ccc(CNc2cccnc2OC)cc1OC. The molecule has 0 saturated carbocycles. The van der Waals surface area contributed by atoms with Crippen LogP contribution in [-0.2, 0) is 6.54 Å². The van der Waals surface area contributed by atoms with Crippen molar-refractivity contribution in [1.29, 1.82) is 0 Å². The van der Waals surface area contributed by atoms with E-state index >= 15 is 0 Å². The molecule has 106 valence electrons. The number of aromatic nitrogens is 1. The molecule has 1 heterocycles. The van der Waals surface area contributed by atoms with Gasteiger partial charge in [-0.2, -0.15) is 0 Å². The summed E-state index contributed by atoms with van der Waals surface area (Å²) >= 11 is 0. The average Bonchev–Trinajstić information content (AvgIpc) is 2.52. The van der Waals surface area contributed by atoms with Crippen LogP contribution in [0, 0.1) is 0 Å². The molecule has 0 spiro atoms. The van der Waals surface area contributed by atoms with Crippen molar-refractivity contribution in [3.8, 4) is 17.4 Å². The van der Waals surface area contributed by atoms with Gasteiger partial charge in [-0.15, -0.1) is 0 Å². The van der Waals surface area contributed by atoms with Crippen LogP contribution in [-0.4, -0.2) is 26.3 Å². The third kappa shape index (κ3) is 3.12. The van der Waals surface area contributed by atoms with Gasteiger partial charge in [0.25, 0.3) is 0 Å². The number of nitrogens with zero attached hydrogens (tertiary/aromatic N) is 1. The van der Waals surface area contributed by atoms with Crippen LogP contribution in [0.15, 0.2) is 36.5 Å². The molecule has 5 nitrogen and oxygen atoms in total. The topological polar surface area (TPSA) is 52.6 Å². The van der Waals surface area contributed by atoms with Crippen LogP contribution in [0.2, 0.25) is 0 Å². The van der Waals surface area contributed by atoms with Crippen molar-refractivity contribution >= 4 is 5.69 Å². The first-order valence-electron chi connectivity index (χ1n) is 6.22. The lowest BCUT2D eigenvalue weighted by Gasteiger charge is -2.12. The molecule has 2 rings (SSSR count). The zero-order valence-corrected chi connectivity index (χ0v) is 11.8. The fourth-order valence-corrected chi connectivity index (χ4v) is 1.88. The molecule has 0 fully saturated rings. The number of benzene rings is 1. The molecule has 0 unspecified atom stereocenters. The van der Waals surface area contributed by atoms with E-state index in [4.69, 9.17) is 14.2 Å². The quantitative estimate of drug-likeness (QED) is 0.877. The Balaban J connectivity index is 2.11. The van der Waals surface area contributed by atoms with Gasteiger partial charge in [-0.3, -0.25) is 0 Å². The molecule has 0 bridgehead atoms. The number of rotatable bonds is 6. The Labute approximate surface area is 118 Å². The van der Waals surface area contributed by atoms with Gasteiger partial charge in [0.1, 0.15) is 0 Å². The third-order valence-electron chi connectivity index (χ3n) is 2.90. The number of hydrogen-bond acceptors (Lipinski definition) is 5. The average molecular weight is 274 g/mol. The zero-order valence-electron chi connectivity index (χ0n) is 11.8. The van der Waals surface area contributed by atoms with Crippen LogP contribution in [0.3, 0.4) is 0 Å². The summed E-state index contributed by atoms with van der Waals surface area (Å²) in [5.41, 5.74) is 1.93. The van der Waals surface area contributed by atoms with Crippen LogP contribution in [0.4, 0.5) is 5.69 Å². The number of anilines is 1. The van der Waals surface area contributed by atoms with Crippen LogP contribution in [0.1, 0.15) is 5.56 Å². The molecule has 0 radical (unpaired) electrons. The van der Waals surface area contributed by atoms with Crippen molar-refractivity contribution in [3.63, 3.8) is 0 Å². The van der Waals surface area contributed by atoms with Crippen molar-refractivity contribution in [2.45, 2.75) is 6.54 Å². The second-order valence-electron chi connectivity index (χ2n) is 4.10. The van der Waals surface area contributed by atoms with Crippen LogP contribution in [0.25, 0.3) is 0 Å². The lowest BCUT2D eigenvalue weighted by Crippen LogP contribution is -2.03. The lowest BCUT2D eigenvalue weighted by atomic mass is 10.2. The van der Waals surface area contributed by atoms with Gasteiger partial charge in [-0.05, 0) is 29.8 Å². The molecule has 0 amide bonds.